The Labute approximate surface area is 221 Å². The van der Waals surface area contributed by atoms with Crippen molar-refractivity contribution in [3.63, 3.8) is 0 Å². The zero-order chi connectivity index (χ0) is 28.6. The maximum absolute atomic E-state index is 13.4. The monoisotopic (exact) mass is 530 g/mol. The van der Waals surface area contributed by atoms with Crippen molar-refractivity contribution in [1.82, 2.24) is 20.9 Å². The van der Waals surface area contributed by atoms with Gasteiger partial charge in [0, 0.05) is 23.5 Å². The van der Waals surface area contributed by atoms with Crippen molar-refractivity contribution in [2.24, 2.45) is 23.3 Å². The van der Waals surface area contributed by atoms with Gasteiger partial charge in [0.15, 0.2) is 0 Å². The van der Waals surface area contributed by atoms with Crippen LogP contribution in [0.25, 0.3) is 10.9 Å². The summed E-state index contributed by atoms with van der Waals surface area (Å²) in [5.41, 5.74) is 12.6. The van der Waals surface area contributed by atoms with Gasteiger partial charge in [0.05, 0.1) is 12.5 Å². The van der Waals surface area contributed by atoms with E-state index < -0.39 is 60.2 Å². The summed E-state index contributed by atoms with van der Waals surface area (Å²) in [7, 11) is 0. The van der Waals surface area contributed by atoms with Crippen LogP contribution in [0, 0.1) is 11.8 Å². The highest BCUT2D eigenvalue weighted by Gasteiger charge is 2.33. The molecule has 2 aromatic rings. The lowest BCUT2D eigenvalue weighted by atomic mass is 9.95. The van der Waals surface area contributed by atoms with Gasteiger partial charge in [0.25, 0.3) is 0 Å². The molecule has 0 fully saturated rings. The van der Waals surface area contributed by atoms with Crippen LogP contribution in [0.5, 0.6) is 0 Å². The van der Waals surface area contributed by atoms with Gasteiger partial charge in [-0.05, 0) is 23.5 Å². The van der Waals surface area contributed by atoms with Crippen LogP contribution in [0.3, 0.4) is 0 Å². The number of carbonyl (C=O) groups is 5. The number of aromatic amines is 1. The Bertz CT molecular complexity index is 1160. The van der Waals surface area contributed by atoms with Gasteiger partial charge < -0.3 is 37.5 Å². The van der Waals surface area contributed by atoms with E-state index >= 15 is 0 Å². The molecule has 0 aliphatic rings. The highest BCUT2D eigenvalue weighted by molar-refractivity contribution is 5.95. The summed E-state index contributed by atoms with van der Waals surface area (Å²) in [6.45, 7) is 7.22. The van der Waals surface area contributed by atoms with E-state index in [1.165, 1.54) is 0 Å². The van der Waals surface area contributed by atoms with E-state index in [0.29, 0.717) is 12.0 Å². The lowest BCUT2D eigenvalue weighted by Gasteiger charge is -2.28. The molecule has 208 valence electrons. The Hall–Kier alpha value is -3.93. The van der Waals surface area contributed by atoms with Crippen molar-refractivity contribution in [3.05, 3.63) is 36.0 Å². The standard InChI is InChI=1S/C26H38N6O6/c1-5-14(4)22(32-24(35)21(28)13(2)3)25(36)30-18(23(34)31-19(26(37)38)11-20(27)33)10-15-12-29-17-9-7-6-8-16(15)17/h6-9,12-14,18-19,21-22,29H,5,10-11,28H2,1-4H3,(H2,27,33)(H,30,36)(H,31,34)(H,32,35)(H,37,38). The molecule has 12 heteroatoms. The Balaban J connectivity index is 2.36. The van der Waals surface area contributed by atoms with Crippen LogP contribution in [-0.4, -0.2) is 63.9 Å². The van der Waals surface area contributed by atoms with Crippen LogP contribution < -0.4 is 27.4 Å². The molecular weight excluding hydrogens is 492 g/mol. The largest absolute Gasteiger partial charge is 0.480 e. The van der Waals surface area contributed by atoms with Crippen molar-refractivity contribution in [2.45, 2.75) is 71.1 Å². The molecule has 5 atom stereocenters. The smallest absolute Gasteiger partial charge is 0.326 e. The summed E-state index contributed by atoms with van der Waals surface area (Å²) < 4.78 is 0. The summed E-state index contributed by atoms with van der Waals surface area (Å²) in [5, 5.41) is 17.9. The van der Waals surface area contributed by atoms with Gasteiger partial charge in [-0.15, -0.1) is 0 Å². The topological polar surface area (TPSA) is 209 Å². The highest BCUT2D eigenvalue weighted by Crippen LogP contribution is 2.20. The number of hydrogen-bond acceptors (Lipinski definition) is 6. The molecule has 9 N–H and O–H groups in total. The Morgan fingerprint density at radius 3 is 2.16 bits per heavy atom. The molecule has 1 heterocycles. The van der Waals surface area contributed by atoms with Gasteiger partial charge in [-0.1, -0.05) is 52.3 Å². The number of para-hydroxylation sites is 1. The number of fused-ring (bicyclic) bond motifs is 1. The second-order valence-corrected chi connectivity index (χ2v) is 9.84. The number of amides is 4. The zero-order valence-electron chi connectivity index (χ0n) is 22.1. The molecule has 0 aliphatic carbocycles. The maximum atomic E-state index is 13.4. The van der Waals surface area contributed by atoms with Crippen molar-refractivity contribution in [1.29, 1.82) is 0 Å². The molecule has 1 aromatic carbocycles. The number of primary amides is 1. The minimum Gasteiger partial charge on any atom is -0.480 e. The van der Waals surface area contributed by atoms with Crippen molar-refractivity contribution < 1.29 is 29.1 Å². The first-order valence-corrected chi connectivity index (χ1v) is 12.6. The quantitative estimate of drug-likeness (QED) is 0.180. The van der Waals surface area contributed by atoms with Crippen LogP contribution in [0.2, 0.25) is 0 Å². The summed E-state index contributed by atoms with van der Waals surface area (Å²) >= 11 is 0. The third kappa shape index (κ3) is 8.04. The number of nitrogens with two attached hydrogens (primary N) is 2. The first-order chi connectivity index (χ1) is 17.8. The molecule has 12 nitrogen and oxygen atoms in total. The fourth-order valence-electron chi connectivity index (χ4n) is 3.92. The number of carbonyl (C=O) groups excluding carboxylic acids is 4. The van der Waals surface area contributed by atoms with E-state index in [-0.39, 0.29) is 18.3 Å². The van der Waals surface area contributed by atoms with Crippen LogP contribution >= 0.6 is 0 Å². The molecule has 1 aromatic heterocycles. The van der Waals surface area contributed by atoms with E-state index in [1.807, 2.05) is 31.2 Å². The lowest BCUT2D eigenvalue weighted by molar-refractivity contribution is -0.143. The van der Waals surface area contributed by atoms with E-state index in [4.69, 9.17) is 11.5 Å². The third-order valence-electron chi connectivity index (χ3n) is 6.57. The minimum atomic E-state index is -1.57. The molecule has 38 heavy (non-hydrogen) atoms. The minimum absolute atomic E-state index is 0.0111. The van der Waals surface area contributed by atoms with Crippen molar-refractivity contribution in [2.75, 3.05) is 0 Å². The zero-order valence-corrected chi connectivity index (χ0v) is 22.1. The van der Waals surface area contributed by atoms with Gasteiger partial charge in [0.1, 0.15) is 18.1 Å². The fourth-order valence-corrected chi connectivity index (χ4v) is 3.92. The molecule has 0 bridgehead atoms. The number of aliphatic carboxylic acids is 1. The SMILES string of the molecule is CCC(C)C(NC(=O)C(N)C(C)C)C(=O)NC(Cc1c[nH]c2ccccc12)C(=O)NC(CC(N)=O)C(=O)O. The van der Waals surface area contributed by atoms with Gasteiger partial charge in [-0.25, -0.2) is 4.79 Å². The Morgan fingerprint density at radius 2 is 1.58 bits per heavy atom. The second kappa shape index (κ2) is 13.6. The highest BCUT2D eigenvalue weighted by atomic mass is 16.4. The average molecular weight is 531 g/mol. The predicted molar refractivity (Wildman–Crippen MR) is 142 cm³/mol. The predicted octanol–water partition coefficient (Wildman–Crippen LogP) is 0.154. The number of hydrogen-bond donors (Lipinski definition) is 7. The number of H-pyrrole nitrogens is 1. The lowest BCUT2D eigenvalue weighted by Crippen LogP contribution is -2.59. The number of benzene rings is 1. The normalized spacial score (nSPS) is 15.2. The number of carboxylic acids is 1. The maximum Gasteiger partial charge on any atom is 0.326 e. The number of carboxylic acid groups (broad SMARTS) is 1. The molecule has 0 saturated carbocycles. The number of aromatic nitrogens is 1. The Kier molecular flexibility index (Phi) is 10.8. The molecule has 5 unspecified atom stereocenters. The van der Waals surface area contributed by atoms with Crippen molar-refractivity contribution in [3.8, 4) is 0 Å². The van der Waals surface area contributed by atoms with Crippen LogP contribution in [0.4, 0.5) is 0 Å². The molecule has 0 radical (unpaired) electrons. The van der Waals surface area contributed by atoms with Crippen molar-refractivity contribution >= 4 is 40.5 Å². The van der Waals surface area contributed by atoms with Crippen LogP contribution in [0.15, 0.2) is 30.5 Å². The molecule has 0 spiro atoms. The van der Waals surface area contributed by atoms with Gasteiger partial charge in [-0.2, -0.15) is 0 Å². The fraction of sp³-hybridized carbons (Fsp3) is 0.500. The van der Waals surface area contributed by atoms with Gasteiger partial charge in [0.2, 0.25) is 23.6 Å². The number of rotatable bonds is 14. The van der Waals surface area contributed by atoms with Gasteiger partial charge >= 0.3 is 5.97 Å². The molecule has 0 aliphatic heterocycles. The van der Waals surface area contributed by atoms with E-state index in [0.717, 1.165) is 10.9 Å². The van der Waals surface area contributed by atoms with Crippen LogP contribution in [-0.2, 0) is 30.4 Å². The molecular formula is C26H38N6O6. The summed E-state index contributed by atoms with van der Waals surface area (Å²) in [5.74, 6) is -4.73. The molecule has 0 saturated heterocycles. The van der Waals surface area contributed by atoms with Gasteiger partial charge in [-0.3, -0.25) is 19.2 Å². The second-order valence-electron chi connectivity index (χ2n) is 9.84. The number of nitrogens with one attached hydrogen (secondary N) is 4. The summed E-state index contributed by atoms with van der Waals surface area (Å²) in [6, 6.07) is 2.76. The summed E-state index contributed by atoms with van der Waals surface area (Å²) in [6.07, 6.45) is 1.64. The summed E-state index contributed by atoms with van der Waals surface area (Å²) in [4.78, 5) is 65.4. The first kappa shape index (κ1) is 30.3. The van der Waals surface area contributed by atoms with E-state index in [2.05, 4.69) is 20.9 Å². The Morgan fingerprint density at radius 1 is 0.947 bits per heavy atom. The average Bonchev–Trinajstić information content (AvgIpc) is 3.27. The van der Waals surface area contributed by atoms with E-state index in [1.54, 1.807) is 27.0 Å². The third-order valence-corrected chi connectivity index (χ3v) is 6.57. The van der Waals surface area contributed by atoms with Crippen LogP contribution in [0.1, 0.15) is 46.1 Å². The van der Waals surface area contributed by atoms with E-state index in [9.17, 15) is 29.1 Å². The molecule has 2 rings (SSSR count). The first-order valence-electron chi connectivity index (χ1n) is 12.6. The molecule has 4 amide bonds.